The van der Waals surface area contributed by atoms with Gasteiger partial charge in [0.2, 0.25) is 0 Å². The van der Waals surface area contributed by atoms with Crippen LogP contribution < -0.4 is 0 Å². The second-order valence-corrected chi connectivity index (χ2v) is 6.88. The molecule has 26 heavy (non-hydrogen) atoms. The fourth-order valence-corrected chi connectivity index (χ4v) is 3.90. The van der Waals surface area contributed by atoms with E-state index < -0.39 is 0 Å². The molecule has 4 rings (SSSR count). The lowest BCUT2D eigenvalue weighted by Crippen LogP contribution is -1.99. The maximum absolute atomic E-state index is 5.27. The smallest absolute Gasteiger partial charge is 0.196 e. The van der Waals surface area contributed by atoms with E-state index >= 15 is 0 Å². The van der Waals surface area contributed by atoms with Gasteiger partial charge < -0.3 is 4.52 Å². The number of aryl methyl sites for hydroxylation is 2. The van der Waals surface area contributed by atoms with Crippen LogP contribution in [0.4, 0.5) is 0 Å². The van der Waals surface area contributed by atoms with E-state index in [0.717, 1.165) is 45.0 Å². The van der Waals surface area contributed by atoms with Crippen LogP contribution in [-0.4, -0.2) is 19.9 Å². The van der Waals surface area contributed by atoms with Gasteiger partial charge in [-0.3, -0.25) is 4.57 Å². The Morgan fingerprint density at radius 3 is 2.27 bits per heavy atom. The number of nitrogens with zero attached hydrogens (tertiary/aromatic N) is 4. The third-order valence-corrected chi connectivity index (χ3v) is 5.16. The number of hydrogen-bond donors (Lipinski definition) is 0. The summed E-state index contributed by atoms with van der Waals surface area (Å²) in [5, 5.41) is 13.8. The SMILES string of the molecule is Cc1noc(C)c1CSc1nnc(-c2ccccc2)n1-c1ccccc1. The first-order valence-electron chi connectivity index (χ1n) is 8.35. The molecule has 0 radical (unpaired) electrons. The van der Waals surface area contributed by atoms with Gasteiger partial charge in [0.1, 0.15) is 5.76 Å². The minimum absolute atomic E-state index is 0.737. The average molecular weight is 362 g/mol. The van der Waals surface area contributed by atoms with E-state index in [1.165, 1.54) is 0 Å². The van der Waals surface area contributed by atoms with Crippen LogP contribution in [0.2, 0.25) is 0 Å². The fraction of sp³-hybridized carbons (Fsp3) is 0.150. The molecule has 2 aromatic carbocycles. The van der Waals surface area contributed by atoms with E-state index in [4.69, 9.17) is 4.52 Å². The Kier molecular flexibility index (Phi) is 4.58. The molecule has 0 aliphatic carbocycles. The van der Waals surface area contributed by atoms with Crippen molar-refractivity contribution in [3.8, 4) is 17.1 Å². The van der Waals surface area contributed by atoms with Gasteiger partial charge in [-0.25, -0.2) is 0 Å². The number of rotatable bonds is 5. The van der Waals surface area contributed by atoms with Gasteiger partial charge in [-0.15, -0.1) is 10.2 Å². The molecule has 0 saturated heterocycles. The second kappa shape index (κ2) is 7.17. The Bertz CT molecular complexity index is 989. The molecule has 0 amide bonds. The van der Waals surface area contributed by atoms with Crippen molar-refractivity contribution in [2.75, 3.05) is 0 Å². The van der Waals surface area contributed by atoms with Gasteiger partial charge in [0.05, 0.1) is 5.69 Å². The van der Waals surface area contributed by atoms with Gasteiger partial charge in [0.15, 0.2) is 11.0 Å². The summed E-state index contributed by atoms with van der Waals surface area (Å²) in [5.41, 5.74) is 4.11. The van der Waals surface area contributed by atoms with Gasteiger partial charge in [0.25, 0.3) is 0 Å². The first kappa shape index (κ1) is 16.6. The van der Waals surface area contributed by atoms with Crippen molar-refractivity contribution in [2.45, 2.75) is 24.8 Å². The van der Waals surface area contributed by atoms with E-state index in [9.17, 15) is 0 Å². The molecule has 0 atom stereocenters. The van der Waals surface area contributed by atoms with Crippen molar-refractivity contribution in [3.63, 3.8) is 0 Å². The fourth-order valence-electron chi connectivity index (χ4n) is 2.79. The predicted molar refractivity (Wildman–Crippen MR) is 102 cm³/mol. The molecule has 0 bridgehead atoms. The Hall–Kier alpha value is -2.86. The summed E-state index contributed by atoms with van der Waals surface area (Å²) in [4.78, 5) is 0. The Labute approximate surface area is 156 Å². The van der Waals surface area contributed by atoms with Crippen LogP contribution in [0.1, 0.15) is 17.0 Å². The van der Waals surface area contributed by atoms with Crippen molar-refractivity contribution in [1.29, 1.82) is 0 Å². The third-order valence-electron chi connectivity index (χ3n) is 4.21. The number of hydrogen-bond acceptors (Lipinski definition) is 5. The van der Waals surface area contributed by atoms with E-state index in [-0.39, 0.29) is 0 Å². The zero-order chi connectivity index (χ0) is 17.9. The Morgan fingerprint density at radius 2 is 1.62 bits per heavy atom. The zero-order valence-corrected chi connectivity index (χ0v) is 15.4. The molecule has 0 unspecified atom stereocenters. The molecule has 0 spiro atoms. The number of benzene rings is 2. The van der Waals surface area contributed by atoms with E-state index in [1.54, 1.807) is 11.8 Å². The Morgan fingerprint density at radius 1 is 0.923 bits per heavy atom. The summed E-state index contributed by atoms with van der Waals surface area (Å²) in [5.74, 6) is 2.42. The Balaban J connectivity index is 1.74. The number of para-hydroxylation sites is 1. The van der Waals surface area contributed by atoms with Crippen LogP contribution in [0, 0.1) is 13.8 Å². The lowest BCUT2D eigenvalue weighted by atomic mass is 10.2. The highest BCUT2D eigenvalue weighted by Gasteiger charge is 2.17. The van der Waals surface area contributed by atoms with Gasteiger partial charge in [-0.1, -0.05) is 65.4 Å². The molecule has 2 heterocycles. The molecule has 6 heteroatoms. The number of aromatic nitrogens is 4. The molecule has 0 saturated carbocycles. The molecule has 0 N–H and O–H groups in total. The van der Waals surface area contributed by atoms with Crippen LogP contribution in [0.15, 0.2) is 70.3 Å². The van der Waals surface area contributed by atoms with E-state index in [0.29, 0.717) is 0 Å². The topological polar surface area (TPSA) is 56.7 Å². The lowest BCUT2D eigenvalue weighted by Gasteiger charge is -2.10. The molecule has 0 aliphatic heterocycles. The predicted octanol–water partition coefficient (Wildman–Crippen LogP) is 4.83. The van der Waals surface area contributed by atoms with Crippen LogP contribution >= 0.6 is 11.8 Å². The lowest BCUT2D eigenvalue weighted by molar-refractivity contribution is 0.392. The van der Waals surface area contributed by atoms with Crippen molar-refractivity contribution >= 4 is 11.8 Å². The highest BCUT2D eigenvalue weighted by atomic mass is 32.2. The van der Waals surface area contributed by atoms with Gasteiger partial charge in [0, 0.05) is 22.6 Å². The normalized spacial score (nSPS) is 11.0. The summed E-state index contributed by atoms with van der Waals surface area (Å²) in [6.45, 7) is 3.90. The first-order chi connectivity index (χ1) is 12.7. The van der Waals surface area contributed by atoms with Crippen LogP contribution in [0.3, 0.4) is 0 Å². The highest BCUT2D eigenvalue weighted by molar-refractivity contribution is 7.98. The zero-order valence-electron chi connectivity index (χ0n) is 14.6. The third kappa shape index (κ3) is 3.15. The van der Waals surface area contributed by atoms with Crippen molar-refractivity contribution < 1.29 is 4.52 Å². The highest BCUT2D eigenvalue weighted by Crippen LogP contribution is 2.30. The van der Waals surface area contributed by atoms with Gasteiger partial charge in [-0.2, -0.15) is 0 Å². The van der Waals surface area contributed by atoms with Crippen LogP contribution in [0.5, 0.6) is 0 Å². The molecular weight excluding hydrogens is 344 g/mol. The molecule has 130 valence electrons. The molecule has 5 nitrogen and oxygen atoms in total. The molecule has 0 aliphatic rings. The maximum atomic E-state index is 5.27. The van der Waals surface area contributed by atoms with Crippen LogP contribution in [0.25, 0.3) is 17.1 Å². The van der Waals surface area contributed by atoms with Gasteiger partial charge >= 0.3 is 0 Å². The molecule has 0 fully saturated rings. The quantitative estimate of drug-likeness (QED) is 0.476. The first-order valence-corrected chi connectivity index (χ1v) is 9.33. The molecule has 2 aromatic heterocycles. The monoisotopic (exact) mass is 362 g/mol. The minimum Gasteiger partial charge on any atom is -0.361 e. The summed E-state index contributed by atoms with van der Waals surface area (Å²) in [6.07, 6.45) is 0. The standard InChI is InChI=1S/C20H18N4OS/c1-14-18(15(2)25-23-14)13-26-20-22-21-19(16-9-5-3-6-10-16)24(20)17-11-7-4-8-12-17/h3-12H,13H2,1-2H3. The molecule has 4 aromatic rings. The van der Waals surface area contributed by atoms with Crippen molar-refractivity contribution in [2.24, 2.45) is 0 Å². The van der Waals surface area contributed by atoms with Gasteiger partial charge in [-0.05, 0) is 26.0 Å². The number of thioether (sulfide) groups is 1. The molecular formula is C20H18N4OS. The maximum Gasteiger partial charge on any atom is 0.196 e. The summed E-state index contributed by atoms with van der Waals surface area (Å²) in [7, 11) is 0. The average Bonchev–Trinajstić information content (AvgIpc) is 3.25. The van der Waals surface area contributed by atoms with Crippen molar-refractivity contribution in [3.05, 3.63) is 77.7 Å². The van der Waals surface area contributed by atoms with E-state index in [1.807, 2.05) is 62.4 Å². The second-order valence-electron chi connectivity index (χ2n) is 5.93. The van der Waals surface area contributed by atoms with E-state index in [2.05, 4.69) is 32.1 Å². The van der Waals surface area contributed by atoms with Crippen molar-refractivity contribution in [1.82, 2.24) is 19.9 Å². The summed E-state index contributed by atoms with van der Waals surface area (Å²) >= 11 is 1.63. The van der Waals surface area contributed by atoms with Crippen LogP contribution in [-0.2, 0) is 5.75 Å². The summed E-state index contributed by atoms with van der Waals surface area (Å²) in [6, 6.07) is 20.3. The largest absolute Gasteiger partial charge is 0.361 e. The summed E-state index contributed by atoms with van der Waals surface area (Å²) < 4.78 is 7.36. The minimum atomic E-state index is 0.737.